The van der Waals surface area contributed by atoms with Crippen LogP contribution in [0.1, 0.15) is 42.1 Å². The normalized spacial score (nSPS) is 21.4. The fourth-order valence-electron chi connectivity index (χ4n) is 2.21. The minimum absolute atomic E-state index is 0.0431. The molecule has 0 spiro atoms. The molecule has 1 fully saturated rings. The van der Waals surface area contributed by atoms with Gasteiger partial charge in [-0.1, -0.05) is 0 Å². The molecule has 3 N–H and O–H groups in total. The maximum absolute atomic E-state index is 13.2. The maximum Gasteiger partial charge on any atom is 0.270 e. The first-order valence-electron chi connectivity index (χ1n) is 6.27. The number of aromatic nitrogens is 1. The van der Waals surface area contributed by atoms with Crippen molar-refractivity contribution in [1.29, 1.82) is 0 Å². The molecule has 8 heteroatoms. The fourth-order valence-corrected chi connectivity index (χ4v) is 2.21. The Hall–Kier alpha value is -1.99. The average Bonchev–Trinajstić information content (AvgIpc) is 2.83. The highest BCUT2D eigenvalue weighted by Gasteiger charge is 2.39. The number of rotatable bonds is 4. The SMILES string of the molecule is NC(=O)c1coc(CNC(=O)[C@H]2CCCC(F)(F)C2)n1. The summed E-state index contributed by atoms with van der Waals surface area (Å²) in [6, 6.07) is 0. The number of hydrogen-bond acceptors (Lipinski definition) is 4. The molecule has 1 aliphatic carbocycles. The van der Waals surface area contributed by atoms with E-state index in [4.69, 9.17) is 10.2 Å². The van der Waals surface area contributed by atoms with Gasteiger partial charge in [-0.3, -0.25) is 9.59 Å². The van der Waals surface area contributed by atoms with Crippen LogP contribution in [-0.2, 0) is 11.3 Å². The first kappa shape index (κ1) is 14.4. The van der Waals surface area contributed by atoms with Crippen molar-refractivity contribution >= 4 is 11.8 Å². The van der Waals surface area contributed by atoms with E-state index in [-0.39, 0.29) is 24.6 Å². The zero-order chi connectivity index (χ0) is 14.8. The summed E-state index contributed by atoms with van der Waals surface area (Å²) in [6.07, 6.45) is 1.25. The molecule has 0 aromatic carbocycles. The highest BCUT2D eigenvalue weighted by molar-refractivity contribution is 5.90. The van der Waals surface area contributed by atoms with Crippen LogP contribution in [-0.4, -0.2) is 22.7 Å². The summed E-state index contributed by atoms with van der Waals surface area (Å²) >= 11 is 0. The van der Waals surface area contributed by atoms with Crippen LogP contribution in [0.25, 0.3) is 0 Å². The number of hydrogen-bond donors (Lipinski definition) is 2. The monoisotopic (exact) mass is 287 g/mol. The molecule has 6 nitrogen and oxygen atoms in total. The second-order valence-electron chi connectivity index (χ2n) is 4.86. The number of nitrogens with zero attached hydrogens (tertiary/aromatic N) is 1. The van der Waals surface area contributed by atoms with E-state index in [1.807, 2.05) is 0 Å². The molecule has 0 radical (unpaired) electrons. The molecule has 1 atom stereocenters. The summed E-state index contributed by atoms with van der Waals surface area (Å²) < 4.78 is 31.3. The predicted octanol–water partition coefficient (Wildman–Crippen LogP) is 1.22. The van der Waals surface area contributed by atoms with E-state index in [0.717, 1.165) is 6.26 Å². The van der Waals surface area contributed by atoms with E-state index in [9.17, 15) is 18.4 Å². The first-order valence-corrected chi connectivity index (χ1v) is 6.27. The van der Waals surface area contributed by atoms with Gasteiger partial charge in [0.25, 0.3) is 5.91 Å². The molecule has 2 amide bonds. The van der Waals surface area contributed by atoms with E-state index in [1.165, 1.54) is 0 Å². The van der Waals surface area contributed by atoms with Crippen LogP contribution in [0.2, 0.25) is 0 Å². The summed E-state index contributed by atoms with van der Waals surface area (Å²) in [5.74, 6) is -4.57. The molecule has 20 heavy (non-hydrogen) atoms. The van der Waals surface area contributed by atoms with Crippen molar-refractivity contribution < 1.29 is 22.8 Å². The Labute approximate surface area is 113 Å². The molecule has 0 aliphatic heterocycles. The van der Waals surface area contributed by atoms with E-state index in [2.05, 4.69) is 10.3 Å². The lowest BCUT2D eigenvalue weighted by molar-refractivity contribution is -0.132. The summed E-state index contributed by atoms with van der Waals surface area (Å²) in [6.45, 7) is -0.0613. The molecule has 2 rings (SSSR count). The molecule has 1 heterocycles. The zero-order valence-electron chi connectivity index (χ0n) is 10.7. The van der Waals surface area contributed by atoms with E-state index in [0.29, 0.717) is 12.8 Å². The summed E-state index contributed by atoms with van der Waals surface area (Å²) in [7, 11) is 0. The number of alkyl halides is 2. The van der Waals surface area contributed by atoms with Gasteiger partial charge in [-0.05, 0) is 12.8 Å². The van der Waals surface area contributed by atoms with Crippen LogP contribution in [0.15, 0.2) is 10.7 Å². The molecule has 110 valence electrons. The number of primary amides is 1. The Balaban J connectivity index is 1.86. The van der Waals surface area contributed by atoms with Gasteiger partial charge in [0.15, 0.2) is 5.69 Å². The van der Waals surface area contributed by atoms with E-state index >= 15 is 0 Å². The van der Waals surface area contributed by atoms with Gasteiger partial charge < -0.3 is 15.5 Å². The van der Waals surface area contributed by atoms with Crippen LogP contribution in [0, 0.1) is 5.92 Å². The largest absolute Gasteiger partial charge is 0.446 e. The van der Waals surface area contributed by atoms with Crippen molar-refractivity contribution in [2.75, 3.05) is 0 Å². The number of oxazole rings is 1. The fraction of sp³-hybridized carbons (Fsp3) is 0.583. The molecule has 1 aliphatic rings. The van der Waals surface area contributed by atoms with Crippen molar-refractivity contribution in [2.24, 2.45) is 11.7 Å². The Morgan fingerprint density at radius 1 is 1.55 bits per heavy atom. The van der Waals surface area contributed by atoms with Crippen molar-refractivity contribution in [3.8, 4) is 0 Å². The lowest BCUT2D eigenvalue weighted by atomic mass is 9.86. The topological polar surface area (TPSA) is 98.2 Å². The van der Waals surface area contributed by atoms with E-state index < -0.39 is 30.1 Å². The van der Waals surface area contributed by atoms with Gasteiger partial charge in [0, 0.05) is 18.8 Å². The number of nitrogens with one attached hydrogen (secondary N) is 1. The van der Waals surface area contributed by atoms with Gasteiger partial charge in [-0.15, -0.1) is 0 Å². The molecule has 0 bridgehead atoms. The van der Waals surface area contributed by atoms with Crippen LogP contribution < -0.4 is 11.1 Å². The number of carbonyl (C=O) groups excluding carboxylic acids is 2. The third-order valence-corrected chi connectivity index (χ3v) is 3.23. The summed E-state index contributed by atoms with van der Waals surface area (Å²) in [5, 5.41) is 2.48. The number of halogens is 2. The van der Waals surface area contributed by atoms with Crippen LogP contribution in [0.5, 0.6) is 0 Å². The number of nitrogens with two attached hydrogens (primary N) is 1. The molecule has 1 aromatic heterocycles. The quantitative estimate of drug-likeness (QED) is 0.869. The van der Waals surface area contributed by atoms with Gasteiger partial charge in [0.2, 0.25) is 17.7 Å². The lowest BCUT2D eigenvalue weighted by Crippen LogP contribution is -2.37. The number of amides is 2. The second-order valence-corrected chi connectivity index (χ2v) is 4.86. The molecular formula is C12H15F2N3O3. The molecule has 0 saturated heterocycles. The Bertz CT molecular complexity index is 516. The average molecular weight is 287 g/mol. The third-order valence-electron chi connectivity index (χ3n) is 3.23. The van der Waals surface area contributed by atoms with Gasteiger partial charge >= 0.3 is 0 Å². The smallest absolute Gasteiger partial charge is 0.270 e. The van der Waals surface area contributed by atoms with E-state index in [1.54, 1.807) is 0 Å². The van der Waals surface area contributed by atoms with Crippen molar-refractivity contribution in [1.82, 2.24) is 10.3 Å². The summed E-state index contributed by atoms with van der Waals surface area (Å²) in [5.41, 5.74) is 4.95. The first-order chi connectivity index (χ1) is 9.37. The highest BCUT2D eigenvalue weighted by Crippen LogP contribution is 2.36. The maximum atomic E-state index is 13.2. The van der Waals surface area contributed by atoms with Gasteiger partial charge in [0.1, 0.15) is 6.26 Å². The van der Waals surface area contributed by atoms with Gasteiger partial charge in [-0.25, -0.2) is 13.8 Å². The molecule has 1 saturated carbocycles. The van der Waals surface area contributed by atoms with Gasteiger partial charge in [0.05, 0.1) is 6.54 Å². The Kier molecular flexibility index (Phi) is 4.01. The second kappa shape index (κ2) is 5.56. The Morgan fingerprint density at radius 2 is 2.30 bits per heavy atom. The van der Waals surface area contributed by atoms with Crippen LogP contribution in [0.3, 0.4) is 0 Å². The molecular weight excluding hydrogens is 272 g/mol. The lowest BCUT2D eigenvalue weighted by Gasteiger charge is -2.27. The number of carbonyl (C=O) groups is 2. The van der Waals surface area contributed by atoms with Crippen LogP contribution >= 0.6 is 0 Å². The van der Waals surface area contributed by atoms with Crippen molar-refractivity contribution in [3.05, 3.63) is 17.8 Å². The predicted molar refractivity (Wildman–Crippen MR) is 63.8 cm³/mol. The third kappa shape index (κ3) is 3.52. The minimum atomic E-state index is -2.78. The zero-order valence-corrected chi connectivity index (χ0v) is 10.7. The standard InChI is InChI=1S/C12H15F2N3O3/c13-12(14)3-1-2-7(4-12)11(19)16-5-9-17-8(6-20-9)10(15)18/h6-7H,1-5H2,(H2,15,18)(H,16,19)/t7-/m0/s1. The molecule has 0 unspecified atom stereocenters. The highest BCUT2D eigenvalue weighted by atomic mass is 19.3. The van der Waals surface area contributed by atoms with Crippen LogP contribution in [0.4, 0.5) is 8.78 Å². The van der Waals surface area contributed by atoms with Crippen molar-refractivity contribution in [3.63, 3.8) is 0 Å². The Morgan fingerprint density at radius 3 is 2.90 bits per heavy atom. The van der Waals surface area contributed by atoms with Crippen molar-refractivity contribution in [2.45, 2.75) is 38.2 Å². The molecule has 1 aromatic rings. The summed E-state index contributed by atoms with van der Waals surface area (Å²) in [4.78, 5) is 26.3. The van der Waals surface area contributed by atoms with Gasteiger partial charge in [-0.2, -0.15) is 0 Å². The minimum Gasteiger partial charge on any atom is -0.446 e.